The first kappa shape index (κ1) is 16.8. The third-order valence-electron chi connectivity index (χ3n) is 3.56. The fourth-order valence-corrected chi connectivity index (χ4v) is 2.42. The number of hydrogen-bond acceptors (Lipinski definition) is 3. The zero-order valence-corrected chi connectivity index (χ0v) is 12.9. The van der Waals surface area contributed by atoms with Crippen LogP contribution in [0, 0.1) is 0 Å². The van der Waals surface area contributed by atoms with Crippen LogP contribution in [-0.2, 0) is 12.7 Å². The normalized spacial score (nSPS) is 11.3. The maximum Gasteiger partial charge on any atom is 0.417 e. The molecule has 0 bridgehead atoms. The van der Waals surface area contributed by atoms with Crippen LogP contribution in [0.2, 0.25) is 0 Å². The molecule has 25 heavy (non-hydrogen) atoms. The highest BCUT2D eigenvalue weighted by molar-refractivity contribution is 5.95. The first-order chi connectivity index (χ1) is 12.0. The Morgan fingerprint density at radius 3 is 2.60 bits per heavy atom. The number of hydrogen-bond donors (Lipinski definition) is 1. The highest BCUT2D eigenvalue weighted by Crippen LogP contribution is 2.31. The summed E-state index contributed by atoms with van der Waals surface area (Å²) in [7, 11) is 0. The predicted octanol–water partition coefficient (Wildman–Crippen LogP) is 4.29. The molecule has 0 atom stereocenters. The number of rotatable bonds is 4. The second-order valence-corrected chi connectivity index (χ2v) is 5.21. The third kappa shape index (κ3) is 3.71. The number of amides is 1. The van der Waals surface area contributed by atoms with Gasteiger partial charge in [0.2, 0.25) is 0 Å². The van der Waals surface area contributed by atoms with E-state index in [1.54, 1.807) is 30.5 Å². The van der Waals surface area contributed by atoms with E-state index in [-0.39, 0.29) is 6.54 Å². The number of nitrogens with zero attached hydrogens (tertiary/aromatic N) is 1. The number of alkyl halides is 3. The highest BCUT2D eigenvalue weighted by Gasteiger charge is 2.34. The second kappa shape index (κ2) is 6.80. The zero-order chi connectivity index (χ0) is 17.9. The summed E-state index contributed by atoms with van der Waals surface area (Å²) in [5, 5.41) is 2.51. The molecule has 128 valence electrons. The Kier molecular flexibility index (Phi) is 4.56. The number of carbonyl (C=O) groups is 1. The number of benzene rings is 1. The molecule has 1 amide bonds. The molecule has 7 heteroatoms. The molecule has 0 saturated heterocycles. The van der Waals surface area contributed by atoms with Crippen molar-refractivity contribution in [1.82, 2.24) is 10.3 Å². The Morgan fingerprint density at radius 1 is 1.08 bits per heavy atom. The summed E-state index contributed by atoms with van der Waals surface area (Å²) in [4.78, 5) is 16.4. The maximum atomic E-state index is 13.0. The van der Waals surface area contributed by atoms with Crippen LogP contribution in [-0.4, -0.2) is 10.9 Å². The lowest BCUT2D eigenvalue weighted by molar-refractivity contribution is -0.137. The lowest BCUT2D eigenvalue weighted by Gasteiger charge is -2.13. The molecule has 0 aliphatic rings. The van der Waals surface area contributed by atoms with E-state index in [4.69, 9.17) is 4.42 Å². The van der Waals surface area contributed by atoms with Gasteiger partial charge in [-0.1, -0.05) is 18.2 Å². The molecule has 4 nitrogen and oxygen atoms in total. The van der Waals surface area contributed by atoms with Crippen LogP contribution in [0.4, 0.5) is 13.2 Å². The van der Waals surface area contributed by atoms with E-state index in [2.05, 4.69) is 10.3 Å². The molecular formula is C18H13F3N2O2. The van der Waals surface area contributed by atoms with Gasteiger partial charge in [0, 0.05) is 18.3 Å². The molecule has 3 aromatic rings. The number of pyridine rings is 1. The quantitative estimate of drug-likeness (QED) is 0.767. The van der Waals surface area contributed by atoms with Gasteiger partial charge in [0.15, 0.2) is 5.76 Å². The number of halogens is 3. The molecule has 3 rings (SSSR count). The largest absolute Gasteiger partial charge is 0.463 e. The monoisotopic (exact) mass is 346 g/mol. The predicted molar refractivity (Wildman–Crippen MR) is 84.6 cm³/mol. The van der Waals surface area contributed by atoms with Crippen LogP contribution in [0.15, 0.2) is 65.4 Å². The summed E-state index contributed by atoms with van der Waals surface area (Å²) in [6.45, 7) is 0.0227. The van der Waals surface area contributed by atoms with E-state index in [9.17, 15) is 18.0 Å². The standard InChI is InChI=1S/C18H13F3N2O2/c19-18(20,21)14-7-2-1-6-13(14)17(24)23-11-12-5-3-9-22-16(12)15-8-4-10-25-15/h1-10H,11H2,(H,23,24). The Labute approximate surface area is 141 Å². The SMILES string of the molecule is O=C(NCc1cccnc1-c1ccco1)c1ccccc1C(F)(F)F. The van der Waals surface area contributed by atoms with Crippen LogP contribution >= 0.6 is 0 Å². The number of nitrogens with one attached hydrogen (secondary N) is 1. The Balaban J connectivity index is 1.81. The average molecular weight is 346 g/mol. The van der Waals surface area contributed by atoms with Gasteiger partial charge in [-0.2, -0.15) is 13.2 Å². The average Bonchev–Trinajstić information content (AvgIpc) is 3.13. The van der Waals surface area contributed by atoms with Crippen molar-refractivity contribution >= 4 is 5.91 Å². The minimum atomic E-state index is -4.60. The summed E-state index contributed by atoms with van der Waals surface area (Å²) in [6, 6.07) is 11.5. The fourth-order valence-electron chi connectivity index (χ4n) is 2.42. The molecule has 0 saturated carbocycles. The molecule has 1 aromatic carbocycles. The van der Waals surface area contributed by atoms with Crippen molar-refractivity contribution in [3.05, 3.63) is 77.7 Å². The van der Waals surface area contributed by atoms with Crippen molar-refractivity contribution in [2.75, 3.05) is 0 Å². The minimum Gasteiger partial charge on any atom is -0.463 e. The first-order valence-corrected chi connectivity index (χ1v) is 7.39. The van der Waals surface area contributed by atoms with Gasteiger partial charge in [-0.25, -0.2) is 0 Å². The van der Waals surface area contributed by atoms with Gasteiger partial charge in [-0.3, -0.25) is 9.78 Å². The van der Waals surface area contributed by atoms with Gasteiger partial charge >= 0.3 is 6.18 Å². The molecule has 0 radical (unpaired) electrons. The van der Waals surface area contributed by atoms with E-state index in [0.717, 1.165) is 12.1 Å². The van der Waals surface area contributed by atoms with Crippen molar-refractivity contribution in [3.8, 4) is 11.5 Å². The van der Waals surface area contributed by atoms with Crippen molar-refractivity contribution in [1.29, 1.82) is 0 Å². The number of aromatic nitrogens is 1. The Hall–Kier alpha value is -3.09. The van der Waals surface area contributed by atoms with Crippen molar-refractivity contribution in [2.24, 2.45) is 0 Å². The van der Waals surface area contributed by atoms with Crippen LogP contribution in [0.5, 0.6) is 0 Å². The highest BCUT2D eigenvalue weighted by atomic mass is 19.4. The van der Waals surface area contributed by atoms with Crippen LogP contribution in [0.25, 0.3) is 11.5 Å². The van der Waals surface area contributed by atoms with Gasteiger partial charge in [0.05, 0.1) is 17.4 Å². The maximum absolute atomic E-state index is 13.0. The van der Waals surface area contributed by atoms with Crippen LogP contribution in [0.1, 0.15) is 21.5 Å². The van der Waals surface area contributed by atoms with Crippen molar-refractivity contribution in [2.45, 2.75) is 12.7 Å². The third-order valence-corrected chi connectivity index (χ3v) is 3.56. The summed E-state index contributed by atoms with van der Waals surface area (Å²) in [5.74, 6) is -0.289. The molecule has 0 spiro atoms. The molecule has 0 aliphatic heterocycles. The van der Waals surface area contributed by atoms with Crippen LogP contribution < -0.4 is 5.32 Å². The molecule has 0 fully saturated rings. The molecule has 1 N–H and O–H groups in total. The van der Waals surface area contributed by atoms with Gasteiger partial charge in [-0.05, 0) is 30.3 Å². The van der Waals surface area contributed by atoms with E-state index in [0.29, 0.717) is 17.0 Å². The smallest absolute Gasteiger partial charge is 0.417 e. The van der Waals surface area contributed by atoms with Crippen LogP contribution in [0.3, 0.4) is 0 Å². The van der Waals surface area contributed by atoms with E-state index in [1.807, 2.05) is 0 Å². The van der Waals surface area contributed by atoms with E-state index >= 15 is 0 Å². The first-order valence-electron chi connectivity index (χ1n) is 7.39. The Bertz CT molecular complexity index is 874. The molecular weight excluding hydrogens is 333 g/mol. The lowest BCUT2D eigenvalue weighted by atomic mass is 10.1. The molecule has 0 aliphatic carbocycles. The summed E-state index contributed by atoms with van der Waals surface area (Å²) in [5.41, 5.74) is -0.226. The number of furan rings is 1. The van der Waals surface area contributed by atoms with Crippen molar-refractivity contribution in [3.63, 3.8) is 0 Å². The van der Waals surface area contributed by atoms with Crippen molar-refractivity contribution < 1.29 is 22.4 Å². The summed E-state index contributed by atoms with van der Waals surface area (Å²) >= 11 is 0. The summed E-state index contributed by atoms with van der Waals surface area (Å²) in [6.07, 6.45) is -1.53. The van der Waals surface area contributed by atoms with E-state index in [1.165, 1.54) is 18.4 Å². The zero-order valence-electron chi connectivity index (χ0n) is 12.9. The molecule has 2 aromatic heterocycles. The Morgan fingerprint density at radius 2 is 1.88 bits per heavy atom. The van der Waals surface area contributed by atoms with E-state index < -0.39 is 23.2 Å². The number of carbonyl (C=O) groups excluding carboxylic acids is 1. The second-order valence-electron chi connectivity index (χ2n) is 5.21. The van der Waals surface area contributed by atoms with Gasteiger partial charge in [0.1, 0.15) is 5.69 Å². The molecule has 2 heterocycles. The molecule has 0 unspecified atom stereocenters. The van der Waals surface area contributed by atoms with Gasteiger partial charge in [0.25, 0.3) is 5.91 Å². The van der Waals surface area contributed by atoms with Gasteiger partial charge in [-0.15, -0.1) is 0 Å². The minimum absolute atomic E-state index is 0.0227. The lowest BCUT2D eigenvalue weighted by Crippen LogP contribution is -2.26. The fraction of sp³-hybridized carbons (Fsp3) is 0.111. The van der Waals surface area contributed by atoms with Gasteiger partial charge < -0.3 is 9.73 Å². The topological polar surface area (TPSA) is 55.1 Å². The summed E-state index contributed by atoms with van der Waals surface area (Å²) < 4.78 is 44.3.